The molecule has 0 fully saturated rings. The van der Waals surface area contributed by atoms with Crippen molar-refractivity contribution in [2.24, 2.45) is 0 Å². The number of nitrogens with one attached hydrogen (secondary N) is 2. The third kappa shape index (κ3) is 8.14. The summed E-state index contributed by atoms with van der Waals surface area (Å²) in [5.41, 5.74) is -0.267. The Morgan fingerprint density at radius 2 is 1.17 bits per heavy atom. The van der Waals surface area contributed by atoms with E-state index in [1.807, 2.05) is 0 Å². The van der Waals surface area contributed by atoms with E-state index < -0.39 is 21.7 Å². The zero-order chi connectivity index (χ0) is 29.5. The lowest BCUT2D eigenvalue weighted by Gasteiger charge is -2.02. The van der Waals surface area contributed by atoms with E-state index in [0.29, 0.717) is 23.1 Å². The number of amides is 2. The molecule has 212 valence electrons. The normalized spacial score (nSPS) is 10.8. The monoisotopic (exact) mass is 654 g/mol. The smallest absolute Gasteiger partial charge is 0.287 e. The highest BCUT2D eigenvalue weighted by Crippen LogP contribution is 2.27. The molecule has 14 nitrogen and oxygen atoms in total. The Morgan fingerprint density at radius 3 is 1.54 bits per heavy atom. The largest absolute Gasteiger partial charge is 0.296 e. The Bertz CT molecular complexity index is 1510. The number of hydrogen-bond acceptors (Lipinski definition) is 13. The average Bonchev–Trinajstić information content (AvgIpc) is 3.57. The number of nitrogens with zero attached hydrogens (tertiary/aromatic N) is 6. The van der Waals surface area contributed by atoms with Gasteiger partial charge in [-0.2, -0.15) is 11.8 Å². The van der Waals surface area contributed by atoms with Crippen molar-refractivity contribution in [3.63, 3.8) is 0 Å². The first-order valence-corrected chi connectivity index (χ1v) is 14.9. The van der Waals surface area contributed by atoms with Crippen molar-refractivity contribution in [3.8, 4) is 0 Å². The fourth-order valence-electron chi connectivity index (χ4n) is 3.16. The van der Waals surface area contributed by atoms with Gasteiger partial charge in [0.05, 0.1) is 9.85 Å². The SMILES string of the molecule is O=C(Nc1nnc(CCSCCc2nnc(NC(=O)c3ccc([N+](=O)[O-])c(Cl)c3)s2)s1)c1ccc([N+](=O)[O-])c(Cl)c1. The summed E-state index contributed by atoms with van der Waals surface area (Å²) < 4.78 is 0. The van der Waals surface area contributed by atoms with E-state index in [1.54, 1.807) is 11.8 Å². The standard InChI is InChI=1S/C22H16Cl2N8O6S3/c23-13-9-11(1-3-15(13)31(35)36)19(33)25-21-29-27-17(40-21)5-7-39-8-6-18-28-30-22(41-18)26-20(34)12-2-4-16(32(37)38)14(24)10-12/h1-4,9-10H,5-8H2,(H,25,29,33)(H,26,30,34). The van der Waals surface area contributed by atoms with E-state index >= 15 is 0 Å². The summed E-state index contributed by atoms with van der Waals surface area (Å²) in [5.74, 6) is 0.458. The van der Waals surface area contributed by atoms with Crippen LogP contribution in [0.15, 0.2) is 36.4 Å². The van der Waals surface area contributed by atoms with Crippen molar-refractivity contribution < 1.29 is 19.4 Å². The maximum atomic E-state index is 12.4. The van der Waals surface area contributed by atoms with Crippen molar-refractivity contribution >= 4 is 91.1 Å². The van der Waals surface area contributed by atoms with Gasteiger partial charge in [0.25, 0.3) is 23.2 Å². The lowest BCUT2D eigenvalue weighted by molar-refractivity contribution is -0.384. The molecule has 0 bridgehead atoms. The van der Waals surface area contributed by atoms with Crippen molar-refractivity contribution in [3.05, 3.63) is 87.8 Å². The molecule has 4 rings (SSSR count). The summed E-state index contributed by atoms with van der Waals surface area (Å²) in [4.78, 5) is 45.3. The fraction of sp³-hybridized carbons (Fsp3) is 0.182. The Balaban J connectivity index is 1.18. The topological polar surface area (TPSA) is 196 Å². The summed E-state index contributed by atoms with van der Waals surface area (Å²) in [5, 5.41) is 44.8. The molecule has 4 aromatic rings. The van der Waals surface area contributed by atoms with Crippen LogP contribution in [0.4, 0.5) is 21.6 Å². The second-order valence-electron chi connectivity index (χ2n) is 7.87. The molecule has 0 aliphatic rings. The molecule has 0 unspecified atom stereocenters. The number of hydrogen-bond donors (Lipinski definition) is 2. The molecule has 0 saturated heterocycles. The Kier molecular flexibility index (Phi) is 10.1. The van der Waals surface area contributed by atoms with Gasteiger partial charge in [0.15, 0.2) is 0 Å². The van der Waals surface area contributed by atoms with Crippen LogP contribution in [0.3, 0.4) is 0 Å². The highest BCUT2D eigenvalue weighted by atomic mass is 35.5. The van der Waals surface area contributed by atoms with Gasteiger partial charge in [-0.1, -0.05) is 45.9 Å². The van der Waals surface area contributed by atoms with E-state index in [2.05, 4.69) is 31.0 Å². The van der Waals surface area contributed by atoms with Crippen molar-refractivity contribution in [2.45, 2.75) is 12.8 Å². The minimum Gasteiger partial charge on any atom is -0.296 e. The molecule has 0 radical (unpaired) electrons. The first-order chi connectivity index (χ1) is 19.6. The van der Waals surface area contributed by atoms with Crippen LogP contribution in [0.5, 0.6) is 0 Å². The van der Waals surface area contributed by atoms with Crippen LogP contribution in [0.1, 0.15) is 30.7 Å². The predicted molar refractivity (Wildman–Crippen MR) is 157 cm³/mol. The number of nitro groups is 2. The summed E-state index contributed by atoms with van der Waals surface area (Å²) in [6, 6.07) is 7.38. The van der Waals surface area contributed by atoms with E-state index in [0.717, 1.165) is 33.7 Å². The molecule has 2 N–H and O–H groups in total. The number of anilines is 2. The van der Waals surface area contributed by atoms with Crippen LogP contribution < -0.4 is 10.6 Å². The molecule has 0 saturated carbocycles. The van der Waals surface area contributed by atoms with Gasteiger partial charge in [-0.05, 0) is 35.8 Å². The highest BCUT2D eigenvalue weighted by molar-refractivity contribution is 7.99. The molecule has 2 amide bonds. The lowest BCUT2D eigenvalue weighted by Crippen LogP contribution is -2.11. The van der Waals surface area contributed by atoms with Gasteiger partial charge in [0.1, 0.15) is 20.1 Å². The molecule has 0 atom stereocenters. The second-order valence-corrected chi connectivity index (χ2v) is 12.0. The van der Waals surface area contributed by atoms with Crippen molar-refractivity contribution in [2.75, 3.05) is 22.1 Å². The Morgan fingerprint density at radius 1 is 0.756 bits per heavy atom. The summed E-state index contributed by atoms with van der Waals surface area (Å²) in [6.45, 7) is 0. The summed E-state index contributed by atoms with van der Waals surface area (Å²) in [6.07, 6.45) is 1.24. The molecular weight excluding hydrogens is 639 g/mol. The minimum absolute atomic E-state index is 0.139. The van der Waals surface area contributed by atoms with E-state index in [4.69, 9.17) is 23.2 Å². The summed E-state index contributed by atoms with van der Waals surface area (Å²) >= 11 is 15.8. The number of carbonyl (C=O) groups excluding carboxylic acids is 2. The number of nitro benzene ring substituents is 2. The number of benzene rings is 2. The second kappa shape index (κ2) is 13.7. The zero-order valence-electron chi connectivity index (χ0n) is 20.4. The Labute approximate surface area is 252 Å². The number of carbonyl (C=O) groups is 2. The molecule has 0 spiro atoms. The average molecular weight is 656 g/mol. The van der Waals surface area contributed by atoms with Crippen LogP contribution in [0.25, 0.3) is 0 Å². The number of aryl methyl sites for hydroxylation is 2. The quantitative estimate of drug-likeness (QED) is 0.111. The molecule has 41 heavy (non-hydrogen) atoms. The summed E-state index contributed by atoms with van der Waals surface area (Å²) in [7, 11) is 0. The number of aromatic nitrogens is 4. The van der Waals surface area contributed by atoms with Gasteiger partial charge in [-0.3, -0.25) is 40.5 Å². The third-order valence-electron chi connectivity index (χ3n) is 5.11. The third-order valence-corrected chi connectivity index (χ3v) is 8.50. The minimum atomic E-state index is -0.632. The number of thioether (sulfide) groups is 1. The molecule has 2 aromatic heterocycles. The van der Waals surface area contributed by atoms with Crippen LogP contribution in [-0.4, -0.2) is 53.6 Å². The Hall–Kier alpha value is -3.77. The molecule has 2 aromatic carbocycles. The number of halogens is 2. The van der Waals surface area contributed by atoms with E-state index in [1.165, 1.54) is 46.9 Å². The molecule has 0 aliphatic carbocycles. The van der Waals surface area contributed by atoms with Gasteiger partial charge in [-0.15, -0.1) is 20.4 Å². The molecule has 19 heteroatoms. The van der Waals surface area contributed by atoms with Crippen molar-refractivity contribution in [1.29, 1.82) is 0 Å². The maximum absolute atomic E-state index is 12.4. The predicted octanol–water partition coefficient (Wildman–Crippen LogP) is 5.54. The first-order valence-electron chi connectivity index (χ1n) is 11.3. The van der Waals surface area contributed by atoms with E-state index in [-0.39, 0.29) is 32.5 Å². The highest BCUT2D eigenvalue weighted by Gasteiger charge is 2.18. The van der Waals surface area contributed by atoms with Crippen LogP contribution in [0.2, 0.25) is 10.0 Å². The molecule has 2 heterocycles. The van der Waals surface area contributed by atoms with Crippen molar-refractivity contribution in [1.82, 2.24) is 20.4 Å². The molecular formula is C22H16Cl2N8O6S3. The van der Waals surface area contributed by atoms with Gasteiger partial charge < -0.3 is 0 Å². The zero-order valence-corrected chi connectivity index (χ0v) is 24.4. The van der Waals surface area contributed by atoms with Gasteiger partial charge in [-0.25, -0.2) is 0 Å². The fourth-order valence-corrected chi connectivity index (χ4v) is 6.27. The lowest BCUT2D eigenvalue weighted by atomic mass is 10.2. The molecule has 0 aliphatic heterocycles. The van der Waals surface area contributed by atoms with Crippen LogP contribution >= 0.6 is 57.6 Å². The van der Waals surface area contributed by atoms with E-state index in [9.17, 15) is 29.8 Å². The first kappa shape index (κ1) is 30.2. The van der Waals surface area contributed by atoms with Crippen LogP contribution in [0, 0.1) is 20.2 Å². The van der Waals surface area contributed by atoms with Gasteiger partial charge in [0.2, 0.25) is 10.3 Å². The van der Waals surface area contributed by atoms with Crippen LogP contribution in [-0.2, 0) is 12.8 Å². The number of rotatable bonds is 12. The van der Waals surface area contributed by atoms with Gasteiger partial charge >= 0.3 is 0 Å². The maximum Gasteiger partial charge on any atom is 0.287 e. The van der Waals surface area contributed by atoms with Gasteiger partial charge in [0, 0.05) is 36.1 Å².